The van der Waals surface area contributed by atoms with Gasteiger partial charge in [-0.2, -0.15) is 0 Å². The normalized spacial score (nSPS) is 0.667. The Labute approximate surface area is 47.0 Å². The molecule has 0 atom stereocenters. The fraction of sp³-hybridized carbons (Fsp3) is 0. The summed E-state index contributed by atoms with van der Waals surface area (Å²) in [7, 11) is 0. The van der Waals surface area contributed by atoms with Crippen LogP contribution in [0.1, 0.15) is 0 Å². The topological polar surface area (TPSA) is 79.1 Å². The van der Waals surface area contributed by atoms with Crippen LogP contribution in [0.5, 0.6) is 0 Å². The van der Waals surface area contributed by atoms with Gasteiger partial charge in [0.25, 0.3) is 0 Å². The first-order valence-corrected chi connectivity index (χ1v) is 0.447. The molecule has 0 rings (SSSR count). The molecule has 0 bridgehead atoms. The maximum Gasteiger partial charge on any atom is 2.00 e. The zero-order valence-corrected chi connectivity index (χ0v) is 3.85. The Morgan fingerprint density at radius 3 is 0.833 bits per heavy atom. The predicted octanol–water partition coefficient (Wildman–Crippen LogP) is -0.634. The molecule has 4 heteroatoms. The van der Waals surface area contributed by atoms with Crippen LogP contribution in [0.3, 0.4) is 0 Å². The van der Waals surface area contributed by atoms with E-state index in [0.29, 0.717) is 0 Å². The van der Waals surface area contributed by atoms with Gasteiger partial charge in [-0.15, -0.1) is 0 Å². The molecule has 0 aliphatic carbocycles. The third-order valence-corrected chi connectivity index (χ3v) is 0. The first kappa shape index (κ1) is 51.0. The maximum absolute atomic E-state index is 6.25. The number of nitrogens with zero attached hydrogens (tertiary/aromatic N) is 2. The van der Waals surface area contributed by atoms with Gasteiger partial charge >= 0.3 is 17.1 Å². The van der Waals surface area contributed by atoms with Crippen LogP contribution in [-0.4, -0.2) is 5.48 Å². The number of hydrogen-bond acceptors (Lipinski definition) is 2. The van der Waals surface area contributed by atoms with E-state index in [2.05, 4.69) is 0 Å². The maximum atomic E-state index is 6.25. The molecule has 0 aliphatic heterocycles. The summed E-state index contributed by atoms with van der Waals surface area (Å²) in [6.45, 7) is 9.50. The molecule has 6 heavy (non-hydrogen) atoms. The van der Waals surface area contributed by atoms with Crippen molar-refractivity contribution in [1.29, 1.82) is 10.5 Å². The van der Waals surface area contributed by atoms with E-state index in [1.807, 2.05) is 0 Å². The summed E-state index contributed by atoms with van der Waals surface area (Å²) in [5.74, 6) is 0. The molecule has 0 saturated carbocycles. The van der Waals surface area contributed by atoms with Crippen LogP contribution in [0.15, 0.2) is 0 Å². The van der Waals surface area contributed by atoms with Crippen LogP contribution in [0.25, 0.3) is 0 Å². The van der Waals surface area contributed by atoms with Crippen molar-refractivity contribution in [1.82, 2.24) is 0 Å². The molecule has 3 nitrogen and oxygen atoms in total. The summed E-state index contributed by atoms with van der Waals surface area (Å²) in [6.07, 6.45) is 0. The fourth-order valence-electron chi connectivity index (χ4n) is 0. The number of hydrogen-bond donors (Lipinski definition) is 0. The summed E-state index contributed by atoms with van der Waals surface area (Å²) in [6, 6.07) is 0. The molecule has 0 spiro atoms. The van der Waals surface area contributed by atoms with E-state index >= 15 is 0 Å². The standard InChI is InChI=1S/2CN.Fe.H2O/c2*1-2;;/h;;;1H2/q2*-1;+2;. The first-order valence-electron chi connectivity index (χ1n) is 0.447. The molecule has 2 N–H and O–H groups in total. The Bertz CT molecular complexity index is 27.0. The summed E-state index contributed by atoms with van der Waals surface area (Å²) in [4.78, 5) is 0. The summed E-state index contributed by atoms with van der Waals surface area (Å²) < 4.78 is 0. The van der Waals surface area contributed by atoms with E-state index in [4.69, 9.17) is 23.7 Å². The van der Waals surface area contributed by atoms with E-state index in [0.717, 1.165) is 0 Å². The second kappa shape index (κ2) is 183. The Balaban J connectivity index is -0.00000000500. The van der Waals surface area contributed by atoms with Gasteiger partial charge < -0.3 is 29.1 Å². The van der Waals surface area contributed by atoms with E-state index < -0.39 is 0 Å². The van der Waals surface area contributed by atoms with Crippen molar-refractivity contribution < 1.29 is 22.5 Å². The van der Waals surface area contributed by atoms with Gasteiger partial charge in [-0.1, -0.05) is 0 Å². The predicted molar refractivity (Wildman–Crippen MR) is 13.5 cm³/mol. The Morgan fingerprint density at radius 2 is 0.833 bits per heavy atom. The molecule has 0 aliphatic rings. The molecule has 0 heterocycles. The van der Waals surface area contributed by atoms with Crippen molar-refractivity contribution >= 4 is 0 Å². The van der Waals surface area contributed by atoms with Gasteiger partial charge in [0.1, 0.15) is 0 Å². The summed E-state index contributed by atoms with van der Waals surface area (Å²) in [5.41, 5.74) is 0. The molecular weight excluding hydrogens is 124 g/mol. The zero-order chi connectivity index (χ0) is 4.00. The largest absolute Gasteiger partial charge is 2.00 e. The number of rotatable bonds is 0. The smallest absolute Gasteiger partial charge is 0.512 e. The molecule has 0 unspecified atom stereocenters. The summed E-state index contributed by atoms with van der Waals surface area (Å²) in [5, 5.41) is 12.5. The first-order chi connectivity index (χ1) is 2.00. The second-order valence-electron chi connectivity index (χ2n) is 0. The van der Waals surface area contributed by atoms with Gasteiger partial charge in [-0.05, 0) is 0 Å². The molecular formula is C2H2FeN2O. The minimum absolute atomic E-state index is 0. The minimum atomic E-state index is 0. The van der Waals surface area contributed by atoms with Gasteiger partial charge in [-0.3, -0.25) is 0 Å². The molecule has 0 radical (unpaired) electrons. The zero-order valence-electron chi connectivity index (χ0n) is 2.75. The molecule has 0 aromatic heterocycles. The van der Waals surface area contributed by atoms with Gasteiger partial charge in [0.2, 0.25) is 0 Å². The molecule has 0 amide bonds. The van der Waals surface area contributed by atoms with E-state index in [1.54, 1.807) is 0 Å². The van der Waals surface area contributed by atoms with E-state index in [-0.39, 0.29) is 22.5 Å². The Morgan fingerprint density at radius 1 is 0.833 bits per heavy atom. The van der Waals surface area contributed by atoms with Gasteiger partial charge in [0, 0.05) is 0 Å². The molecule has 0 fully saturated rings. The van der Waals surface area contributed by atoms with Crippen molar-refractivity contribution in [3.8, 4) is 0 Å². The quantitative estimate of drug-likeness (QED) is 0.319. The average molecular weight is 126 g/mol. The third-order valence-electron chi connectivity index (χ3n) is 0. The van der Waals surface area contributed by atoms with Gasteiger partial charge in [0.15, 0.2) is 0 Å². The molecule has 34 valence electrons. The molecule has 0 aromatic carbocycles. The molecule has 0 saturated heterocycles. The third kappa shape index (κ3) is 71.6. The monoisotopic (exact) mass is 126 g/mol. The summed E-state index contributed by atoms with van der Waals surface area (Å²) >= 11 is 0. The van der Waals surface area contributed by atoms with Gasteiger partial charge in [0.05, 0.1) is 0 Å². The van der Waals surface area contributed by atoms with Crippen molar-refractivity contribution in [3.63, 3.8) is 0 Å². The van der Waals surface area contributed by atoms with E-state index in [9.17, 15) is 0 Å². The van der Waals surface area contributed by atoms with Crippen molar-refractivity contribution in [3.05, 3.63) is 13.1 Å². The van der Waals surface area contributed by atoms with Crippen molar-refractivity contribution in [2.24, 2.45) is 0 Å². The minimum Gasteiger partial charge on any atom is -0.512 e. The Hall–Kier alpha value is -0.541. The second-order valence-corrected chi connectivity index (χ2v) is 0. The van der Waals surface area contributed by atoms with Crippen LogP contribution in [-0.2, 0) is 17.1 Å². The average Bonchev–Trinajstić information content (AvgIpc) is 1.50. The van der Waals surface area contributed by atoms with Crippen LogP contribution in [0, 0.1) is 23.7 Å². The van der Waals surface area contributed by atoms with Gasteiger partial charge in [-0.25, -0.2) is 0 Å². The van der Waals surface area contributed by atoms with Crippen LogP contribution in [0.4, 0.5) is 0 Å². The van der Waals surface area contributed by atoms with Crippen LogP contribution in [0.2, 0.25) is 0 Å². The molecule has 0 aromatic rings. The fourth-order valence-corrected chi connectivity index (χ4v) is 0. The van der Waals surface area contributed by atoms with Crippen molar-refractivity contribution in [2.45, 2.75) is 0 Å². The Kier molecular flexibility index (Phi) is 1550. The van der Waals surface area contributed by atoms with Crippen LogP contribution < -0.4 is 0 Å². The van der Waals surface area contributed by atoms with Crippen LogP contribution >= 0.6 is 0 Å². The van der Waals surface area contributed by atoms with Crippen molar-refractivity contribution in [2.75, 3.05) is 0 Å². The van der Waals surface area contributed by atoms with E-state index in [1.165, 1.54) is 0 Å². The SMILES string of the molecule is O.[C-]#N.[C-]#N.[Fe+2].